The molecule has 1 amide bonds. The molecule has 0 aromatic rings. The maximum absolute atomic E-state index is 10.1. The van der Waals surface area contributed by atoms with Crippen LogP contribution in [0.4, 0.5) is 0 Å². The molecule has 0 saturated carbocycles. The van der Waals surface area contributed by atoms with Crippen molar-refractivity contribution in [2.45, 2.75) is 6.92 Å². The smallest absolute Gasteiger partial charge is 0.218 e. The molecule has 4 heteroatoms. The van der Waals surface area contributed by atoms with Gasteiger partial charge in [-0.05, 0) is 0 Å². The Kier molecular flexibility index (Phi) is 4.18. The number of carbonyl (C=O) groups is 1. The van der Waals surface area contributed by atoms with Gasteiger partial charge in [0.1, 0.15) is 5.94 Å². The Balaban J connectivity index is 3.10. The molecule has 0 aliphatic rings. The van der Waals surface area contributed by atoms with Gasteiger partial charge >= 0.3 is 0 Å². The molecule has 2 N–H and O–H groups in total. The number of rotatable bonds is 3. The van der Waals surface area contributed by atoms with Crippen LogP contribution in [0, 0.1) is 0 Å². The van der Waals surface area contributed by atoms with Gasteiger partial charge in [-0.15, -0.1) is 0 Å². The average molecular weight is 128 g/mol. The lowest BCUT2D eigenvalue weighted by molar-refractivity contribution is -0.119. The van der Waals surface area contributed by atoms with Crippen LogP contribution in [0.1, 0.15) is 6.92 Å². The zero-order valence-corrected chi connectivity index (χ0v) is 5.10. The van der Waals surface area contributed by atoms with Crippen molar-refractivity contribution >= 4 is 11.8 Å². The topological polar surface area (TPSA) is 58.2 Å². The number of amides is 1. The molecule has 0 aromatic heterocycles. The number of nitrogens with one attached hydrogen (secondary N) is 2. The Morgan fingerprint density at radius 3 is 2.89 bits per heavy atom. The van der Waals surface area contributed by atoms with E-state index in [-0.39, 0.29) is 12.6 Å². The first-order valence-corrected chi connectivity index (χ1v) is 2.44. The highest BCUT2D eigenvalue weighted by atomic mass is 16.1. The summed E-state index contributed by atoms with van der Waals surface area (Å²) in [6.45, 7) is 1.66. The maximum atomic E-state index is 10.1. The quantitative estimate of drug-likeness (QED) is 0.291. The third kappa shape index (κ3) is 6.72. The van der Waals surface area contributed by atoms with Gasteiger partial charge in [-0.25, -0.2) is 4.79 Å². The number of hydrogen-bond acceptors (Lipinski definition) is 3. The molecule has 0 aromatic carbocycles. The van der Waals surface area contributed by atoms with Crippen LogP contribution in [-0.4, -0.2) is 18.5 Å². The minimum Gasteiger partial charge on any atom is -0.365 e. The van der Waals surface area contributed by atoms with E-state index < -0.39 is 0 Å². The van der Waals surface area contributed by atoms with Crippen LogP contribution in [0.5, 0.6) is 0 Å². The molecule has 0 unspecified atom stereocenters. The SMILES string of the molecule is CC(=O)NCNC=C=O. The Morgan fingerprint density at radius 2 is 2.44 bits per heavy atom. The predicted octanol–water partition coefficient (Wildman–Crippen LogP) is -0.985. The van der Waals surface area contributed by atoms with Crippen molar-refractivity contribution in [2.75, 3.05) is 6.67 Å². The van der Waals surface area contributed by atoms with Gasteiger partial charge in [0.05, 0.1) is 12.9 Å². The van der Waals surface area contributed by atoms with E-state index in [4.69, 9.17) is 0 Å². The van der Waals surface area contributed by atoms with Gasteiger partial charge in [-0.2, -0.15) is 0 Å². The van der Waals surface area contributed by atoms with E-state index in [2.05, 4.69) is 10.6 Å². The Labute approximate surface area is 52.9 Å². The van der Waals surface area contributed by atoms with Crippen molar-refractivity contribution in [1.82, 2.24) is 10.6 Å². The summed E-state index contributed by atoms with van der Waals surface area (Å²) in [6, 6.07) is 0. The summed E-state index contributed by atoms with van der Waals surface area (Å²) < 4.78 is 0. The van der Waals surface area contributed by atoms with E-state index in [0.29, 0.717) is 0 Å². The summed E-state index contributed by atoms with van der Waals surface area (Å²) in [4.78, 5) is 19.6. The predicted molar refractivity (Wildman–Crippen MR) is 32.1 cm³/mol. The third-order valence-electron chi connectivity index (χ3n) is 0.600. The van der Waals surface area contributed by atoms with Gasteiger partial charge in [0.15, 0.2) is 0 Å². The van der Waals surface area contributed by atoms with Gasteiger partial charge in [-0.3, -0.25) is 4.79 Å². The summed E-state index contributed by atoms with van der Waals surface area (Å²) in [5, 5.41) is 4.91. The molecule has 0 atom stereocenters. The molecule has 0 radical (unpaired) electrons. The first-order valence-electron chi connectivity index (χ1n) is 2.44. The van der Waals surface area contributed by atoms with Crippen LogP contribution in [0.2, 0.25) is 0 Å². The molecule has 4 nitrogen and oxygen atoms in total. The minimum atomic E-state index is -0.137. The van der Waals surface area contributed by atoms with Crippen LogP contribution < -0.4 is 10.6 Å². The second-order valence-corrected chi connectivity index (χ2v) is 1.38. The maximum Gasteiger partial charge on any atom is 0.218 e. The Bertz CT molecular complexity index is 136. The molecule has 0 aliphatic carbocycles. The van der Waals surface area contributed by atoms with Crippen molar-refractivity contribution in [2.24, 2.45) is 0 Å². The van der Waals surface area contributed by atoms with Crippen molar-refractivity contribution in [3.63, 3.8) is 0 Å². The number of carbonyl (C=O) groups excluding carboxylic acids is 2. The fourth-order valence-corrected chi connectivity index (χ4v) is 0.268. The lowest BCUT2D eigenvalue weighted by Crippen LogP contribution is -2.29. The first kappa shape index (κ1) is 7.72. The molecular formula is C5H8N2O2. The second-order valence-electron chi connectivity index (χ2n) is 1.38. The van der Waals surface area contributed by atoms with Gasteiger partial charge in [0.25, 0.3) is 0 Å². The molecule has 0 aliphatic heterocycles. The van der Waals surface area contributed by atoms with Crippen LogP contribution in [0.15, 0.2) is 6.20 Å². The molecule has 0 saturated heterocycles. The van der Waals surface area contributed by atoms with E-state index >= 15 is 0 Å². The normalized spacial score (nSPS) is 7.22. The van der Waals surface area contributed by atoms with Gasteiger partial charge in [-0.1, -0.05) is 0 Å². The lowest BCUT2D eigenvalue weighted by atomic mass is 10.7. The lowest BCUT2D eigenvalue weighted by Gasteiger charge is -1.97. The fourth-order valence-electron chi connectivity index (χ4n) is 0.268. The van der Waals surface area contributed by atoms with Crippen molar-refractivity contribution in [3.8, 4) is 0 Å². The van der Waals surface area contributed by atoms with Crippen LogP contribution in [0.3, 0.4) is 0 Å². The minimum absolute atomic E-state index is 0.137. The fraction of sp³-hybridized carbons (Fsp3) is 0.400. The van der Waals surface area contributed by atoms with Crippen molar-refractivity contribution < 1.29 is 9.59 Å². The zero-order valence-electron chi connectivity index (χ0n) is 5.10. The molecule has 50 valence electrons. The summed E-state index contributed by atoms with van der Waals surface area (Å²) in [5.74, 6) is 1.37. The molecule has 0 bridgehead atoms. The zero-order chi connectivity index (χ0) is 7.11. The third-order valence-corrected chi connectivity index (χ3v) is 0.600. The van der Waals surface area contributed by atoms with Gasteiger partial charge in [0.2, 0.25) is 5.91 Å². The summed E-state index contributed by atoms with van der Waals surface area (Å²) in [7, 11) is 0. The van der Waals surface area contributed by atoms with E-state index in [9.17, 15) is 9.59 Å². The standard InChI is InChI=1S/C5H8N2O2/c1-5(9)7-4-6-2-3-8/h2,6H,4H2,1H3,(H,7,9). The largest absolute Gasteiger partial charge is 0.365 e. The summed E-state index contributed by atoms with van der Waals surface area (Å²) in [6.07, 6.45) is 1.09. The summed E-state index contributed by atoms with van der Waals surface area (Å²) >= 11 is 0. The first-order chi connectivity index (χ1) is 4.27. The Hall–Kier alpha value is -1.28. The highest BCUT2D eigenvalue weighted by Crippen LogP contribution is 1.55. The van der Waals surface area contributed by atoms with Gasteiger partial charge < -0.3 is 10.6 Å². The van der Waals surface area contributed by atoms with E-state index in [0.717, 1.165) is 6.20 Å². The molecular weight excluding hydrogens is 120 g/mol. The van der Waals surface area contributed by atoms with Crippen molar-refractivity contribution in [1.29, 1.82) is 0 Å². The Morgan fingerprint density at radius 1 is 1.78 bits per heavy atom. The highest BCUT2D eigenvalue weighted by Gasteiger charge is 1.83. The molecule has 0 heterocycles. The summed E-state index contributed by atoms with van der Waals surface area (Å²) in [5.41, 5.74) is 0. The molecule has 9 heavy (non-hydrogen) atoms. The molecule has 0 spiro atoms. The van der Waals surface area contributed by atoms with Crippen LogP contribution in [0.25, 0.3) is 0 Å². The van der Waals surface area contributed by atoms with E-state index in [1.165, 1.54) is 12.9 Å². The van der Waals surface area contributed by atoms with Gasteiger partial charge in [0, 0.05) is 6.92 Å². The van der Waals surface area contributed by atoms with E-state index in [1.807, 2.05) is 0 Å². The average Bonchev–Trinajstić information content (AvgIpc) is 1.80. The van der Waals surface area contributed by atoms with Crippen LogP contribution in [-0.2, 0) is 9.59 Å². The molecule has 0 rings (SSSR count). The van der Waals surface area contributed by atoms with E-state index in [1.54, 1.807) is 0 Å². The second kappa shape index (κ2) is 4.87. The van der Waals surface area contributed by atoms with Crippen LogP contribution >= 0.6 is 0 Å². The monoisotopic (exact) mass is 128 g/mol. The number of hydrogen-bond donors (Lipinski definition) is 2. The molecule has 0 fully saturated rings. The highest BCUT2D eigenvalue weighted by molar-refractivity contribution is 5.72. The van der Waals surface area contributed by atoms with Crippen molar-refractivity contribution in [3.05, 3.63) is 6.20 Å².